The highest BCUT2D eigenvalue weighted by Crippen LogP contribution is 2.48. The summed E-state index contributed by atoms with van der Waals surface area (Å²) in [6.45, 7) is 4.74. The minimum Gasteiger partial charge on any atom is -0.374 e. The first-order valence-corrected chi connectivity index (χ1v) is 13.8. The van der Waals surface area contributed by atoms with Crippen LogP contribution in [-0.4, -0.2) is 71.5 Å². The van der Waals surface area contributed by atoms with Crippen molar-refractivity contribution < 1.29 is 31.5 Å². The highest BCUT2D eigenvalue weighted by atomic mass is 32.2. The van der Waals surface area contributed by atoms with Gasteiger partial charge < -0.3 is 20.3 Å². The number of nitrogens with zero attached hydrogens (tertiary/aromatic N) is 4. The second kappa shape index (κ2) is 11.4. The first-order chi connectivity index (χ1) is 19.5. The summed E-state index contributed by atoms with van der Waals surface area (Å²) in [5.41, 5.74) is 2.93. The third-order valence-electron chi connectivity index (χ3n) is 7.04. The van der Waals surface area contributed by atoms with Crippen molar-refractivity contribution in [3.8, 4) is 11.1 Å². The summed E-state index contributed by atoms with van der Waals surface area (Å²) < 4.78 is 79.9. The third kappa shape index (κ3) is 5.55. The number of piperazine rings is 1. The number of nitrogens with two attached hydrogens (primary N) is 1. The summed E-state index contributed by atoms with van der Waals surface area (Å²) >= 11 is 1.00. The van der Waals surface area contributed by atoms with Crippen molar-refractivity contribution in [3.05, 3.63) is 64.6 Å². The molecule has 5 rings (SSSR count). The Morgan fingerprint density at radius 3 is 2.56 bits per heavy atom. The van der Waals surface area contributed by atoms with E-state index in [-0.39, 0.29) is 79.2 Å². The maximum atomic E-state index is 15.1. The second-order valence-corrected chi connectivity index (χ2v) is 10.6. The van der Waals surface area contributed by atoms with Gasteiger partial charge in [-0.05, 0) is 24.3 Å². The Morgan fingerprint density at radius 2 is 1.93 bits per heavy atom. The number of ether oxygens (including phenoxy) is 1. The number of rotatable bonds is 6. The van der Waals surface area contributed by atoms with Crippen LogP contribution in [0.2, 0.25) is 0 Å². The SMILES string of the molecule is C=CC(=O)N1CCN(c2nc(=O)n3c4c(c(-c5ccc(F)cc5F)c(C(F)(F)F)cc24)SCC(OCCN)C3)CC1. The van der Waals surface area contributed by atoms with Crippen LogP contribution in [0, 0.1) is 11.6 Å². The van der Waals surface area contributed by atoms with Crippen LogP contribution in [0.4, 0.5) is 27.8 Å². The Bertz CT molecular complexity index is 1570. The summed E-state index contributed by atoms with van der Waals surface area (Å²) in [5.74, 6) is -2.21. The summed E-state index contributed by atoms with van der Waals surface area (Å²) in [6, 6.07) is 3.25. The Hall–Kier alpha value is -3.49. The first kappa shape index (κ1) is 29.0. The Kier molecular flexibility index (Phi) is 8.08. The average Bonchev–Trinajstić information content (AvgIpc) is 3.14. The number of aromatic nitrogens is 2. The quantitative estimate of drug-likeness (QED) is 0.344. The lowest BCUT2D eigenvalue weighted by molar-refractivity contribution is -0.137. The summed E-state index contributed by atoms with van der Waals surface area (Å²) in [5, 5.41) is 0.0497. The van der Waals surface area contributed by atoms with Crippen molar-refractivity contribution in [2.45, 2.75) is 23.7 Å². The largest absolute Gasteiger partial charge is 0.417 e. The molecule has 1 fully saturated rings. The molecular formula is C27H26F5N5O3S. The van der Waals surface area contributed by atoms with Gasteiger partial charge in [-0.1, -0.05) is 6.58 Å². The van der Waals surface area contributed by atoms with Gasteiger partial charge in [0.25, 0.3) is 0 Å². The molecule has 1 unspecified atom stereocenters. The fraction of sp³-hybridized carbons (Fsp3) is 0.370. The minimum absolute atomic E-state index is 0.0130. The van der Waals surface area contributed by atoms with Gasteiger partial charge in [-0.2, -0.15) is 18.2 Å². The van der Waals surface area contributed by atoms with E-state index in [9.17, 15) is 27.2 Å². The number of hydrogen-bond donors (Lipinski definition) is 1. The van der Waals surface area contributed by atoms with Crippen LogP contribution in [0.3, 0.4) is 0 Å². The van der Waals surface area contributed by atoms with E-state index in [0.29, 0.717) is 6.07 Å². The third-order valence-corrected chi connectivity index (χ3v) is 8.27. The number of carbonyl (C=O) groups excluding carboxylic acids is 1. The molecular weight excluding hydrogens is 569 g/mol. The van der Waals surface area contributed by atoms with Crippen LogP contribution in [-0.2, 0) is 22.3 Å². The molecule has 0 spiro atoms. The molecule has 2 aliphatic heterocycles. The zero-order valence-corrected chi connectivity index (χ0v) is 22.5. The molecule has 2 aliphatic rings. The molecule has 0 aliphatic carbocycles. The van der Waals surface area contributed by atoms with Gasteiger partial charge in [-0.3, -0.25) is 9.36 Å². The molecule has 0 radical (unpaired) electrons. The molecule has 8 nitrogen and oxygen atoms in total. The van der Waals surface area contributed by atoms with Crippen molar-refractivity contribution in [1.29, 1.82) is 0 Å². The summed E-state index contributed by atoms with van der Waals surface area (Å²) in [4.78, 5) is 32.9. The molecule has 2 N–H and O–H groups in total. The van der Waals surface area contributed by atoms with Gasteiger partial charge in [0.1, 0.15) is 17.5 Å². The smallest absolute Gasteiger partial charge is 0.374 e. The van der Waals surface area contributed by atoms with Gasteiger partial charge in [-0.25, -0.2) is 13.6 Å². The predicted octanol–water partition coefficient (Wildman–Crippen LogP) is 3.64. The van der Waals surface area contributed by atoms with Gasteiger partial charge in [0, 0.05) is 66.0 Å². The van der Waals surface area contributed by atoms with E-state index in [4.69, 9.17) is 10.5 Å². The maximum absolute atomic E-state index is 15.1. The molecule has 41 heavy (non-hydrogen) atoms. The standard InChI is InChI=1S/C27H26F5N5O3S/c1-2-21(38)35-6-8-36(9-7-35)25-18-12-19(27(30,31)32)22(17-4-3-15(28)11-20(17)29)24-23(18)37(26(39)34-25)13-16(14-41-24)40-10-5-33/h2-4,11-12,16H,1,5-10,13-14,33H2. The second-order valence-electron chi connectivity index (χ2n) is 9.58. The van der Waals surface area contributed by atoms with Crippen LogP contribution in [0.5, 0.6) is 0 Å². The Balaban J connectivity index is 1.78. The molecule has 14 heteroatoms. The van der Waals surface area contributed by atoms with E-state index in [2.05, 4.69) is 11.6 Å². The molecule has 1 saturated heterocycles. The van der Waals surface area contributed by atoms with Gasteiger partial charge in [0.05, 0.1) is 30.3 Å². The minimum atomic E-state index is -4.93. The molecule has 1 atom stereocenters. The van der Waals surface area contributed by atoms with Crippen LogP contribution >= 0.6 is 11.8 Å². The lowest BCUT2D eigenvalue weighted by Gasteiger charge is -2.35. The van der Waals surface area contributed by atoms with Crippen molar-refractivity contribution >= 4 is 34.4 Å². The zero-order valence-electron chi connectivity index (χ0n) is 21.7. The van der Waals surface area contributed by atoms with Gasteiger partial charge >= 0.3 is 11.9 Å². The van der Waals surface area contributed by atoms with Crippen molar-refractivity contribution in [2.75, 3.05) is 50.0 Å². The molecule has 2 aromatic carbocycles. The molecule has 0 saturated carbocycles. The molecule has 1 amide bonds. The fourth-order valence-corrected chi connectivity index (χ4v) is 6.44. The summed E-state index contributed by atoms with van der Waals surface area (Å²) in [6.07, 6.45) is -4.35. The number of carbonyl (C=O) groups is 1. The number of halogens is 5. The maximum Gasteiger partial charge on any atom is 0.417 e. The van der Waals surface area contributed by atoms with E-state index < -0.39 is 46.3 Å². The van der Waals surface area contributed by atoms with E-state index >= 15 is 4.39 Å². The number of anilines is 1. The van der Waals surface area contributed by atoms with E-state index in [1.165, 1.54) is 15.5 Å². The highest BCUT2D eigenvalue weighted by Gasteiger charge is 2.39. The van der Waals surface area contributed by atoms with Crippen LogP contribution in [0.25, 0.3) is 22.0 Å². The van der Waals surface area contributed by atoms with Crippen molar-refractivity contribution in [3.63, 3.8) is 0 Å². The number of thioether (sulfide) groups is 1. The monoisotopic (exact) mass is 595 g/mol. The normalized spacial score (nSPS) is 17.6. The predicted molar refractivity (Wildman–Crippen MR) is 145 cm³/mol. The highest BCUT2D eigenvalue weighted by molar-refractivity contribution is 7.99. The molecule has 1 aromatic heterocycles. The van der Waals surface area contributed by atoms with Crippen LogP contribution in [0.15, 0.2) is 46.6 Å². The number of amides is 1. The Morgan fingerprint density at radius 1 is 1.20 bits per heavy atom. The number of hydrogen-bond acceptors (Lipinski definition) is 7. The van der Waals surface area contributed by atoms with Crippen molar-refractivity contribution in [1.82, 2.24) is 14.5 Å². The van der Waals surface area contributed by atoms with Crippen molar-refractivity contribution in [2.24, 2.45) is 5.73 Å². The lowest BCUT2D eigenvalue weighted by atomic mass is 9.95. The van der Waals surface area contributed by atoms with Crippen LogP contribution < -0.4 is 16.3 Å². The fourth-order valence-electron chi connectivity index (χ4n) is 5.16. The van der Waals surface area contributed by atoms with E-state index in [0.717, 1.165) is 30.0 Å². The van der Waals surface area contributed by atoms with Gasteiger partial charge in [0.15, 0.2) is 0 Å². The molecule has 3 heterocycles. The number of alkyl halides is 3. The Labute approximate surface area is 235 Å². The van der Waals surface area contributed by atoms with E-state index in [1.54, 1.807) is 4.90 Å². The van der Waals surface area contributed by atoms with Gasteiger partial charge in [0.2, 0.25) is 5.91 Å². The van der Waals surface area contributed by atoms with Crippen LogP contribution in [0.1, 0.15) is 5.56 Å². The first-order valence-electron chi connectivity index (χ1n) is 12.8. The number of benzene rings is 2. The molecule has 218 valence electrons. The topological polar surface area (TPSA) is 93.7 Å². The average molecular weight is 596 g/mol. The molecule has 3 aromatic rings. The van der Waals surface area contributed by atoms with Gasteiger partial charge in [-0.15, -0.1) is 11.8 Å². The zero-order chi connectivity index (χ0) is 29.5. The lowest BCUT2D eigenvalue weighted by Crippen LogP contribution is -2.49. The summed E-state index contributed by atoms with van der Waals surface area (Å²) in [7, 11) is 0. The van der Waals surface area contributed by atoms with E-state index in [1.807, 2.05) is 0 Å². The molecule has 0 bridgehead atoms.